The number of hydrogen-bond donors (Lipinski definition) is 3. The fourth-order valence-electron chi connectivity index (χ4n) is 3.16. The molecule has 31 heavy (non-hydrogen) atoms. The number of thioether (sulfide) groups is 1. The Kier molecular flexibility index (Phi) is 6.04. The number of nitrogens with one attached hydrogen (secondary N) is 2. The lowest BCUT2D eigenvalue weighted by atomic mass is 10.1. The first kappa shape index (κ1) is 21.1. The smallest absolute Gasteiger partial charge is 0.333 e. The number of fused-ring (bicyclic) bond motifs is 1. The highest BCUT2D eigenvalue weighted by Gasteiger charge is 2.50. The molecular formula is C18H17N5O6S2. The van der Waals surface area contributed by atoms with E-state index in [-0.39, 0.29) is 34.0 Å². The van der Waals surface area contributed by atoms with Crippen molar-refractivity contribution in [3.63, 3.8) is 0 Å². The number of amides is 3. The number of carboxylic acid groups (broad SMARTS) is 1. The summed E-state index contributed by atoms with van der Waals surface area (Å²) in [6.07, 6.45) is 6.90. The minimum absolute atomic E-state index is 0.121. The molecule has 1 saturated heterocycles. The average Bonchev–Trinajstić information content (AvgIpc) is 3.44. The van der Waals surface area contributed by atoms with Crippen LogP contribution in [-0.4, -0.2) is 68.2 Å². The Balaban J connectivity index is 1.50. The standard InChI is InChI=1S/C18H17N5O6S2/c24-8-19-18-20-11(7-31-18)12(22-29-10-3-1-2-4-10)14(25)21-13-15(26)23-5-9(17(27)28)6-30-16(13)23/h1,3,5,7-8,10,13,16H,2,4,6H2,(H,21,25)(H,27,28)(H,19,20,24)/t10?,13?,16-/m1/s1. The van der Waals surface area contributed by atoms with Crippen LogP contribution >= 0.6 is 23.1 Å². The molecule has 3 N–H and O–H groups in total. The number of aromatic nitrogens is 1. The van der Waals surface area contributed by atoms with E-state index in [0.29, 0.717) is 6.41 Å². The van der Waals surface area contributed by atoms with Crippen molar-refractivity contribution in [2.45, 2.75) is 30.4 Å². The van der Waals surface area contributed by atoms with Crippen molar-refractivity contribution in [3.05, 3.63) is 35.0 Å². The topological polar surface area (TPSA) is 150 Å². The second-order valence-electron chi connectivity index (χ2n) is 6.75. The minimum atomic E-state index is -1.08. The van der Waals surface area contributed by atoms with Gasteiger partial charge < -0.3 is 25.5 Å². The summed E-state index contributed by atoms with van der Waals surface area (Å²) < 4.78 is 0. The zero-order valence-corrected chi connectivity index (χ0v) is 17.5. The summed E-state index contributed by atoms with van der Waals surface area (Å²) in [6.45, 7) is 0. The molecule has 0 bridgehead atoms. The maximum absolute atomic E-state index is 13.0. The molecule has 3 atom stereocenters. The van der Waals surface area contributed by atoms with Gasteiger partial charge in [-0.1, -0.05) is 11.2 Å². The highest BCUT2D eigenvalue weighted by Crippen LogP contribution is 2.36. The molecule has 3 amide bonds. The summed E-state index contributed by atoms with van der Waals surface area (Å²) in [6, 6.07) is -0.827. The molecule has 11 nitrogen and oxygen atoms in total. The van der Waals surface area contributed by atoms with Gasteiger partial charge in [0.1, 0.15) is 23.2 Å². The molecular weight excluding hydrogens is 446 g/mol. The number of oxime groups is 1. The summed E-state index contributed by atoms with van der Waals surface area (Å²) >= 11 is 2.37. The largest absolute Gasteiger partial charge is 0.478 e. The van der Waals surface area contributed by atoms with Crippen molar-refractivity contribution in [1.29, 1.82) is 0 Å². The summed E-state index contributed by atoms with van der Waals surface area (Å²) in [4.78, 5) is 58.1. The van der Waals surface area contributed by atoms with Gasteiger partial charge in [0.05, 0.1) is 5.57 Å². The van der Waals surface area contributed by atoms with Gasteiger partial charge in [-0.15, -0.1) is 23.1 Å². The maximum atomic E-state index is 13.0. The minimum Gasteiger partial charge on any atom is -0.478 e. The van der Waals surface area contributed by atoms with E-state index in [1.165, 1.54) is 22.9 Å². The number of anilines is 1. The van der Waals surface area contributed by atoms with Crippen LogP contribution in [0.25, 0.3) is 0 Å². The van der Waals surface area contributed by atoms with E-state index in [1.807, 2.05) is 12.2 Å². The van der Waals surface area contributed by atoms with E-state index < -0.39 is 29.2 Å². The molecule has 3 heterocycles. The van der Waals surface area contributed by atoms with Gasteiger partial charge in [-0.2, -0.15) is 0 Å². The summed E-state index contributed by atoms with van der Waals surface area (Å²) in [5, 5.41) is 19.6. The maximum Gasteiger partial charge on any atom is 0.333 e. The second-order valence-corrected chi connectivity index (χ2v) is 8.71. The Hall–Kier alpha value is -3.19. The fraction of sp³-hybridized carbons (Fsp3) is 0.333. The molecule has 1 aromatic rings. The van der Waals surface area contributed by atoms with Crippen molar-refractivity contribution in [2.24, 2.45) is 5.16 Å². The van der Waals surface area contributed by atoms with Crippen LogP contribution in [0.1, 0.15) is 18.5 Å². The van der Waals surface area contributed by atoms with Gasteiger partial charge in [0.2, 0.25) is 6.41 Å². The third kappa shape index (κ3) is 4.32. The van der Waals surface area contributed by atoms with Crippen molar-refractivity contribution >= 4 is 58.1 Å². The Morgan fingerprint density at radius 3 is 2.97 bits per heavy atom. The molecule has 4 rings (SSSR count). The molecule has 3 aliphatic rings. The lowest BCUT2D eigenvalue weighted by Crippen LogP contribution is -2.69. The summed E-state index contributed by atoms with van der Waals surface area (Å²) in [5.74, 6) is -1.93. The third-order valence-electron chi connectivity index (χ3n) is 4.74. The Bertz CT molecular complexity index is 1020. The second kappa shape index (κ2) is 8.89. The SMILES string of the molecule is O=CNc1nc(C(=NOC2C=CCC2)C(=O)NC2C(=O)N3C=C(C(=O)O)CS[C@H]23)cs1. The first-order valence-corrected chi connectivity index (χ1v) is 11.2. The zero-order valence-electron chi connectivity index (χ0n) is 15.9. The Morgan fingerprint density at radius 2 is 2.26 bits per heavy atom. The normalized spacial score (nSPS) is 24.7. The van der Waals surface area contributed by atoms with Crippen molar-refractivity contribution in [2.75, 3.05) is 11.1 Å². The van der Waals surface area contributed by atoms with Crippen LogP contribution in [0.2, 0.25) is 0 Å². The lowest BCUT2D eigenvalue weighted by Gasteiger charge is -2.46. The van der Waals surface area contributed by atoms with Crippen LogP contribution < -0.4 is 10.6 Å². The van der Waals surface area contributed by atoms with E-state index in [4.69, 9.17) is 9.94 Å². The molecule has 2 aliphatic heterocycles. The van der Waals surface area contributed by atoms with Crippen molar-refractivity contribution < 1.29 is 29.1 Å². The molecule has 2 unspecified atom stereocenters. The molecule has 0 radical (unpaired) electrons. The zero-order chi connectivity index (χ0) is 22.0. The van der Waals surface area contributed by atoms with Crippen LogP contribution in [0.4, 0.5) is 5.13 Å². The van der Waals surface area contributed by atoms with E-state index in [2.05, 4.69) is 20.8 Å². The number of hydrogen-bond acceptors (Lipinski definition) is 9. The predicted octanol–water partition coefficient (Wildman–Crippen LogP) is 0.519. The molecule has 0 saturated carbocycles. The van der Waals surface area contributed by atoms with Crippen LogP contribution in [0.5, 0.6) is 0 Å². The molecule has 13 heteroatoms. The van der Waals surface area contributed by atoms with Crippen LogP contribution in [0.3, 0.4) is 0 Å². The van der Waals surface area contributed by atoms with E-state index in [0.717, 1.165) is 24.2 Å². The predicted molar refractivity (Wildman–Crippen MR) is 112 cm³/mol. The lowest BCUT2D eigenvalue weighted by molar-refractivity contribution is -0.144. The third-order valence-corrected chi connectivity index (χ3v) is 6.83. The van der Waals surface area contributed by atoms with Gasteiger partial charge in [-0.3, -0.25) is 14.4 Å². The van der Waals surface area contributed by atoms with E-state index in [1.54, 1.807) is 5.38 Å². The summed E-state index contributed by atoms with van der Waals surface area (Å²) in [7, 11) is 0. The Labute approximate surface area is 184 Å². The van der Waals surface area contributed by atoms with Crippen LogP contribution in [0, 0.1) is 0 Å². The van der Waals surface area contributed by atoms with Crippen molar-refractivity contribution in [1.82, 2.24) is 15.2 Å². The highest BCUT2D eigenvalue weighted by molar-refractivity contribution is 8.00. The molecule has 0 aromatic carbocycles. The number of β-lactam (4-membered cyclic amide) rings is 1. The number of aliphatic carboxylic acids is 1. The van der Waals surface area contributed by atoms with Gasteiger partial charge in [-0.05, 0) is 18.9 Å². The Morgan fingerprint density at radius 1 is 1.42 bits per heavy atom. The fourth-order valence-corrected chi connectivity index (χ4v) is 5.06. The number of carbonyl (C=O) groups is 4. The molecule has 162 valence electrons. The number of nitrogens with zero attached hydrogens (tertiary/aromatic N) is 3. The molecule has 0 spiro atoms. The van der Waals surface area contributed by atoms with Crippen LogP contribution in [0.15, 0.2) is 34.5 Å². The number of thiazole rings is 1. The van der Waals surface area contributed by atoms with Crippen molar-refractivity contribution in [3.8, 4) is 0 Å². The first-order valence-electron chi connectivity index (χ1n) is 9.23. The number of carboxylic acids is 1. The number of carbonyl (C=O) groups excluding carboxylic acids is 3. The monoisotopic (exact) mass is 463 g/mol. The first-order chi connectivity index (χ1) is 15.0. The number of allylic oxidation sites excluding steroid dienone is 1. The number of rotatable bonds is 8. The van der Waals surface area contributed by atoms with E-state index >= 15 is 0 Å². The molecule has 1 aromatic heterocycles. The van der Waals surface area contributed by atoms with Crippen LogP contribution in [-0.2, 0) is 24.0 Å². The molecule has 1 aliphatic carbocycles. The van der Waals surface area contributed by atoms with Gasteiger partial charge in [-0.25, -0.2) is 9.78 Å². The summed E-state index contributed by atoms with van der Waals surface area (Å²) in [5.41, 5.74) is 0.198. The van der Waals surface area contributed by atoms with Gasteiger partial charge in [0.25, 0.3) is 11.8 Å². The quantitative estimate of drug-likeness (QED) is 0.166. The average molecular weight is 463 g/mol. The van der Waals surface area contributed by atoms with E-state index in [9.17, 15) is 19.2 Å². The van der Waals surface area contributed by atoms with Gasteiger partial charge >= 0.3 is 5.97 Å². The highest BCUT2D eigenvalue weighted by atomic mass is 32.2. The molecule has 1 fully saturated rings. The van der Waals surface area contributed by atoms with Gasteiger partial charge in [0, 0.05) is 17.3 Å². The van der Waals surface area contributed by atoms with Gasteiger partial charge in [0.15, 0.2) is 10.8 Å².